The highest BCUT2D eigenvalue weighted by Gasteiger charge is 2.20. The molecule has 1 saturated carbocycles. The van der Waals surface area contributed by atoms with Crippen molar-refractivity contribution in [3.8, 4) is 0 Å². The molecule has 7 nitrogen and oxygen atoms in total. The van der Waals surface area contributed by atoms with Crippen molar-refractivity contribution < 1.29 is 23.9 Å². The van der Waals surface area contributed by atoms with Crippen molar-refractivity contribution >= 4 is 23.5 Å². The van der Waals surface area contributed by atoms with Crippen LogP contribution in [-0.4, -0.2) is 38.1 Å². The van der Waals surface area contributed by atoms with E-state index in [1.54, 1.807) is 24.3 Å². The second-order valence-electron chi connectivity index (χ2n) is 6.41. The average molecular weight is 374 g/mol. The second kappa shape index (κ2) is 10.4. The van der Waals surface area contributed by atoms with Crippen LogP contribution in [0.2, 0.25) is 0 Å². The SMILES string of the molecule is COC(=O)/C=C(/Nc1ccccc1C(=O)NC1CCCCCC1)C(=O)OC. The lowest BCUT2D eigenvalue weighted by atomic mass is 10.1. The summed E-state index contributed by atoms with van der Waals surface area (Å²) in [5, 5.41) is 5.90. The third-order valence-corrected chi connectivity index (χ3v) is 4.50. The molecule has 0 heterocycles. The minimum Gasteiger partial charge on any atom is -0.466 e. The molecule has 0 bridgehead atoms. The van der Waals surface area contributed by atoms with Gasteiger partial charge in [0, 0.05) is 6.04 Å². The molecule has 2 N–H and O–H groups in total. The minimum absolute atomic E-state index is 0.112. The summed E-state index contributed by atoms with van der Waals surface area (Å²) in [5.74, 6) is -1.66. The van der Waals surface area contributed by atoms with Crippen LogP contribution in [0.1, 0.15) is 48.9 Å². The fourth-order valence-electron chi connectivity index (χ4n) is 3.05. The summed E-state index contributed by atoms with van der Waals surface area (Å²) in [6, 6.07) is 6.96. The lowest BCUT2D eigenvalue weighted by Crippen LogP contribution is -2.34. The molecule has 0 aliphatic heterocycles. The number of methoxy groups -OCH3 is 2. The van der Waals surface area contributed by atoms with Crippen LogP contribution < -0.4 is 10.6 Å². The Hall–Kier alpha value is -2.83. The molecular formula is C20H26N2O5. The van der Waals surface area contributed by atoms with Crippen molar-refractivity contribution in [3.05, 3.63) is 41.6 Å². The second-order valence-corrected chi connectivity index (χ2v) is 6.41. The van der Waals surface area contributed by atoms with Gasteiger partial charge in [0.2, 0.25) is 0 Å². The summed E-state index contributed by atoms with van der Waals surface area (Å²) in [6.07, 6.45) is 7.55. The van der Waals surface area contributed by atoms with E-state index in [0.717, 1.165) is 31.8 Å². The number of ether oxygens (including phenoxy) is 2. The smallest absolute Gasteiger partial charge is 0.354 e. The molecule has 0 unspecified atom stereocenters. The van der Waals surface area contributed by atoms with E-state index in [2.05, 4.69) is 20.1 Å². The van der Waals surface area contributed by atoms with Gasteiger partial charge < -0.3 is 20.1 Å². The fraction of sp³-hybridized carbons (Fsp3) is 0.450. The van der Waals surface area contributed by atoms with Gasteiger partial charge >= 0.3 is 11.9 Å². The molecule has 1 aromatic rings. The van der Waals surface area contributed by atoms with E-state index in [4.69, 9.17) is 0 Å². The normalized spacial score (nSPS) is 15.4. The van der Waals surface area contributed by atoms with Crippen LogP contribution in [-0.2, 0) is 19.1 Å². The van der Waals surface area contributed by atoms with Crippen molar-refractivity contribution in [1.82, 2.24) is 5.32 Å². The zero-order valence-corrected chi connectivity index (χ0v) is 15.7. The van der Waals surface area contributed by atoms with Gasteiger partial charge in [0.25, 0.3) is 5.91 Å². The molecule has 1 aromatic carbocycles. The van der Waals surface area contributed by atoms with Crippen molar-refractivity contribution in [2.24, 2.45) is 0 Å². The zero-order chi connectivity index (χ0) is 19.6. The number of hydrogen-bond donors (Lipinski definition) is 2. The predicted octanol–water partition coefficient (Wildman–Crippen LogP) is 2.78. The molecule has 1 fully saturated rings. The van der Waals surface area contributed by atoms with Gasteiger partial charge in [-0.2, -0.15) is 0 Å². The average Bonchev–Trinajstić information content (AvgIpc) is 2.95. The quantitative estimate of drug-likeness (QED) is 0.452. The van der Waals surface area contributed by atoms with Gasteiger partial charge in [-0.15, -0.1) is 0 Å². The van der Waals surface area contributed by atoms with Gasteiger partial charge in [0.15, 0.2) is 0 Å². The first kappa shape index (κ1) is 20.5. The standard InChI is InChI=1S/C20H26N2O5/c1-26-18(23)13-17(20(25)27-2)22-16-12-8-7-11-15(16)19(24)21-14-9-5-3-4-6-10-14/h7-8,11-14,22H,3-6,9-10H2,1-2H3,(H,21,24)/b17-13+. The van der Waals surface area contributed by atoms with Crippen molar-refractivity contribution in [1.29, 1.82) is 0 Å². The third-order valence-electron chi connectivity index (χ3n) is 4.50. The van der Waals surface area contributed by atoms with E-state index in [0.29, 0.717) is 11.3 Å². The number of rotatable bonds is 6. The molecule has 0 saturated heterocycles. The Bertz CT molecular complexity index is 706. The summed E-state index contributed by atoms with van der Waals surface area (Å²) < 4.78 is 9.25. The lowest BCUT2D eigenvalue weighted by Gasteiger charge is -2.18. The van der Waals surface area contributed by atoms with Gasteiger partial charge in [-0.25, -0.2) is 9.59 Å². The van der Waals surface area contributed by atoms with Gasteiger partial charge in [-0.3, -0.25) is 4.79 Å². The van der Waals surface area contributed by atoms with Crippen molar-refractivity contribution in [2.75, 3.05) is 19.5 Å². The highest BCUT2D eigenvalue weighted by atomic mass is 16.5. The number of carbonyl (C=O) groups is 3. The molecular weight excluding hydrogens is 348 g/mol. The highest BCUT2D eigenvalue weighted by molar-refractivity contribution is 6.03. The number of carbonyl (C=O) groups excluding carboxylic acids is 3. The molecule has 1 amide bonds. The minimum atomic E-state index is -0.737. The fourth-order valence-corrected chi connectivity index (χ4v) is 3.05. The number of hydrogen-bond acceptors (Lipinski definition) is 6. The molecule has 0 radical (unpaired) electrons. The summed E-state index contributed by atoms with van der Waals surface area (Å²) in [6.45, 7) is 0. The van der Waals surface area contributed by atoms with Crippen LogP contribution in [0.4, 0.5) is 5.69 Å². The first-order valence-corrected chi connectivity index (χ1v) is 9.10. The van der Waals surface area contributed by atoms with Crippen LogP contribution in [0, 0.1) is 0 Å². The Morgan fingerprint density at radius 1 is 1.00 bits per heavy atom. The van der Waals surface area contributed by atoms with Gasteiger partial charge in [-0.05, 0) is 25.0 Å². The molecule has 146 valence electrons. The zero-order valence-electron chi connectivity index (χ0n) is 15.7. The summed E-state index contributed by atoms with van der Waals surface area (Å²) >= 11 is 0. The number of anilines is 1. The molecule has 1 aliphatic carbocycles. The molecule has 7 heteroatoms. The Morgan fingerprint density at radius 2 is 1.67 bits per heavy atom. The number of esters is 2. The molecule has 2 rings (SSSR count). The van der Waals surface area contributed by atoms with Crippen LogP contribution >= 0.6 is 0 Å². The third kappa shape index (κ3) is 6.13. The maximum Gasteiger partial charge on any atom is 0.354 e. The number of para-hydroxylation sites is 1. The summed E-state index contributed by atoms with van der Waals surface area (Å²) in [5.41, 5.74) is 0.685. The van der Waals surface area contributed by atoms with E-state index >= 15 is 0 Å². The van der Waals surface area contributed by atoms with E-state index in [9.17, 15) is 14.4 Å². The van der Waals surface area contributed by atoms with Crippen LogP contribution in [0.5, 0.6) is 0 Å². The van der Waals surface area contributed by atoms with E-state index in [1.807, 2.05) is 0 Å². The monoisotopic (exact) mass is 374 g/mol. The molecule has 0 atom stereocenters. The number of nitrogens with one attached hydrogen (secondary N) is 2. The maximum absolute atomic E-state index is 12.8. The lowest BCUT2D eigenvalue weighted by molar-refractivity contribution is -0.138. The number of amides is 1. The Balaban J connectivity index is 2.20. The van der Waals surface area contributed by atoms with Crippen molar-refractivity contribution in [3.63, 3.8) is 0 Å². The maximum atomic E-state index is 12.8. The molecule has 27 heavy (non-hydrogen) atoms. The molecule has 1 aliphatic rings. The summed E-state index contributed by atoms with van der Waals surface area (Å²) in [4.78, 5) is 36.2. The van der Waals surface area contributed by atoms with Gasteiger partial charge in [0.1, 0.15) is 5.70 Å². The number of benzene rings is 1. The Morgan fingerprint density at radius 3 is 2.30 bits per heavy atom. The van der Waals surface area contributed by atoms with E-state index in [-0.39, 0.29) is 17.6 Å². The highest BCUT2D eigenvalue weighted by Crippen LogP contribution is 2.21. The Kier molecular flexibility index (Phi) is 7.85. The Labute approximate surface area is 159 Å². The van der Waals surface area contributed by atoms with Crippen molar-refractivity contribution in [2.45, 2.75) is 44.6 Å². The summed E-state index contributed by atoms with van der Waals surface area (Å²) in [7, 11) is 2.42. The first-order valence-electron chi connectivity index (χ1n) is 9.10. The van der Waals surface area contributed by atoms with Gasteiger partial charge in [0.05, 0.1) is 31.5 Å². The predicted molar refractivity (Wildman–Crippen MR) is 101 cm³/mol. The van der Waals surface area contributed by atoms with Crippen LogP contribution in [0.3, 0.4) is 0 Å². The molecule has 0 aromatic heterocycles. The van der Waals surface area contributed by atoms with Crippen LogP contribution in [0.15, 0.2) is 36.0 Å². The van der Waals surface area contributed by atoms with E-state index in [1.165, 1.54) is 27.1 Å². The van der Waals surface area contributed by atoms with Gasteiger partial charge in [-0.1, -0.05) is 37.8 Å². The van der Waals surface area contributed by atoms with E-state index < -0.39 is 11.9 Å². The first-order chi connectivity index (χ1) is 13.0. The van der Waals surface area contributed by atoms with Crippen LogP contribution in [0.25, 0.3) is 0 Å². The molecule has 0 spiro atoms. The largest absolute Gasteiger partial charge is 0.466 e. The topological polar surface area (TPSA) is 93.7 Å².